The third-order valence-electron chi connectivity index (χ3n) is 8.81. The summed E-state index contributed by atoms with van der Waals surface area (Å²) in [7, 11) is 0. The Morgan fingerprint density at radius 3 is 3.03 bits per heavy atom. The smallest absolute Gasteiger partial charge is 0.226 e. The average Bonchev–Trinajstić information content (AvgIpc) is 3.54. The van der Waals surface area contributed by atoms with Gasteiger partial charge in [0.2, 0.25) is 5.91 Å². The van der Waals surface area contributed by atoms with Gasteiger partial charge in [-0.1, -0.05) is 18.1 Å². The molecule has 8 heteroatoms. The Labute approximate surface area is 202 Å². The maximum Gasteiger partial charge on any atom is 0.226 e. The van der Waals surface area contributed by atoms with Crippen LogP contribution in [0.2, 0.25) is 0 Å². The Morgan fingerprint density at radius 2 is 2.24 bits per heavy atom. The molecule has 2 saturated carbocycles. The van der Waals surface area contributed by atoms with Crippen molar-refractivity contribution in [2.45, 2.75) is 64.7 Å². The number of hydrogen-bond acceptors (Lipinski definition) is 7. The molecule has 0 bridgehead atoms. The quantitative estimate of drug-likeness (QED) is 0.358. The van der Waals surface area contributed by atoms with Crippen LogP contribution in [0.1, 0.15) is 67.4 Å². The lowest BCUT2D eigenvalue weighted by Gasteiger charge is -2.50. The molecular formula is C26H30N4O3S. The van der Waals surface area contributed by atoms with Crippen LogP contribution in [-0.2, 0) is 11.2 Å². The summed E-state index contributed by atoms with van der Waals surface area (Å²) >= 11 is 1.50. The summed E-state index contributed by atoms with van der Waals surface area (Å²) in [6.45, 7) is 4.27. The molecule has 3 unspecified atom stereocenters. The zero-order chi connectivity index (χ0) is 23.4. The number of hydrogen-bond donors (Lipinski definition) is 2. The fourth-order valence-electron chi connectivity index (χ4n) is 7.41. The topological polar surface area (TPSA) is 101 Å². The number of oxime groups is 1. The normalized spacial score (nSPS) is 31.3. The minimum atomic E-state index is -0.0982. The van der Waals surface area contributed by atoms with Gasteiger partial charge < -0.3 is 14.9 Å². The highest BCUT2D eigenvalue weighted by Gasteiger charge is 2.57. The summed E-state index contributed by atoms with van der Waals surface area (Å²) < 4.78 is 5.55. The van der Waals surface area contributed by atoms with Crippen molar-refractivity contribution in [3.05, 3.63) is 40.7 Å². The molecule has 6 rings (SSSR count). The lowest BCUT2D eigenvalue weighted by molar-refractivity contribution is -0.116. The van der Waals surface area contributed by atoms with Crippen molar-refractivity contribution >= 4 is 39.2 Å². The van der Waals surface area contributed by atoms with E-state index in [0.29, 0.717) is 35.2 Å². The largest absolute Gasteiger partial charge is 0.443 e. The number of nitrogens with one attached hydrogen (secondary N) is 1. The van der Waals surface area contributed by atoms with Gasteiger partial charge in [-0.05, 0) is 86.3 Å². The average molecular weight is 479 g/mol. The van der Waals surface area contributed by atoms with Gasteiger partial charge in [0.25, 0.3) is 0 Å². The molecule has 0 aliphatic heterocycles. The fourth-order valence-corrected chi connectivity index (χ4v) is 8.09. The second-order valence-electron chi connectivity index (χ2n) is 10.5. The SMILES string of the molecule is Cc1cnc(NC(=O)CC[C@@H]2C/C(=N\O)[C@@]3(C)CCC4c5ccc6ocnc6c5CCC4C23)s1. The number of carbonyl (C=O) groups is 1. The maximum absolute atomic E-state index is 12.7. The Balaban J connectivity index is 1.25. The summed E-state index contributed by atoms with van der Waals surface area (Å²) in [6.07, 6.45) is 9.56. The van der Waals surface area contributed by atoms with Crippen LogP contribution in [0.25, 0.3) is 11.1 Å². The van der Waals surface area contributed by atoms with E-state index in [9.17, 15) is 10.0 Å². The van der Waals surface area contributed by atoms with Crippen molar-refractivity contribution in [2.75, 3.05) is 5.32 Å². The van der Waals surface area contributed by atoms with Crippen LogP contribution in [0.3, 0.4) is 0 Å². The van der Waals surface area contributed by atoms with E-state index in [1.165, 1.54) is 22.5 Å². The highest BCUT2D eigenvalue weighted by Crippen LogP contribution is 2.62. The van der Waals surface area contributed by atoms with Crippen LogP contribution in [0.15, 0.2) is 34.3 Å². The third-order valence-corrected chi connectivity index (χ3v) is 9.64. The number of nitrogens with zero attached hydrogens (tertiary/aromatic N) is 3. The predicted octanol–water partition coefficient (Wildman–Crippen LogP) is 5.92. The van der Waals surface area contributed by atoms with Gasteiger partial charge in [-0.15, -0.1) is 11.3 Å². The molecule has 2 fully saturated rings. The van der Waals surface area contributed by atoms with Gasteiger partial charge >= 0.3 is 0 Å². The number of oxazole rings is 1. The number of amides is 1. The fraction of sp³-hybridized carbons (Fsp3) is 0.538. The van der Waals surface area contributed by atoms with E-state index in [1.54, 1.807) is 12.6 Å². The van der Waals surface area contributed by atoms with Gasteiger partial charge in [-0.3, -0.25) is 4.79 Å². The van der Waals surface area contributed by atoms with E-state index in [2.05, 4.69) is 39.5 Å². The summed E-state index contributed by atoms with van der Waals surface area (Å²) in [5.41, 5.74) is 5.48. The number of rotatable bonds is 4. The Morgan fingerprint density at radius 1 is 1.35 bits per heavy atom. The van der Waals surface area contributed by atoms with Crippen LogP contribution >= 0.6 is 11.3 Å². The zero-order valence-electron chi connectivity index (χ0n) is 19.6. The second-order valence-corrected chi connectivity index (χ2v) is 11.7. The number of fused-ring (bicyclic) bond motifs is 7. The van der Waals surface area contributed by atoms with E-state index in [1.807, 2.05) is 6.92 Å². The van der Waals surface area contributed by atoms with E-state index < -0.39 is 0 Å². The van der Waals surface area contributed by atoms with Crippen molar-refractivity contribution < 1.29 is 14.4 Å². The van der Waals surface area contributed by atoms with Crippen LogP contribution < -0.4 is 5.32 Å². The molecule has 0 saturated heterocycles. The number of anilines is 1. The van der Waals surface area contributed by atoms with Gasteiger partial charge in [0.05, 0.1) is 5.71 Å². The second kappa shape index (κ2) is 8.18. The zero-order valence-corrected chi connectivity index (χ0v) is 20.4. The van der Waals surface area contributed by atoms with E-state index in [-0.39, 0.29) is 11.3 Å². The molecule has 1 aromatic carbocycles. The van der Waals surface area contributed by atoms with Gasteiger partial charge in [-0.25, -0.2) is 9.97 Å². The van der Waals surface area contributed by atoms with Crippen LogP contribution in [0.5, 0.6) is 0 Å². The molecule has 7 nitrogen and oxygen atoms in total. The van der Waals surface area contributed by atoms with Gasteiger partial charge in [0.15, 0.2) is 17.1 Å². The number of thiazole rings is 1. The predicted molar refractivity (Wildman–Crippen MR) is 131 cm³/mol. The minimum absolute atomic E-state index is 0.0141. The molecule has 0 radical (unpaired) electrons. The van der Waals surface area contributed by atoms with Gasteiger partial charge in [-0.2, -0.15) is 0 Å². The molecule has 178 valence electrons. The highest BCUT2D eigenvalue weighted by molar-refractivity contribution is 7.15. The van der Waals surface area contributed by atoms with Crippen LogP contribution in [-0.4, -0.2) is 26.8 Å². The highest BCUT2D eigenvalue weighted by atomic mass is 32.1. The van der Waals surface area contributed by atoms with Crippen LogP contribution in [0, 0.1) is 30.1 Å². The molecule has 2 N–H and O–H groups in total. The molecule has 2 heterocycles. The Kier molecular flexibility index (Phi) is 5.24. The van der Waals surface area contributed by atoms with Crippen molar-refractivity contribution in [2.24, 2.45) is 28.3 Å². The molecule has 3 aliphatic carbocycles. The van der Waals surface area contributed by atoms with Gasteiger partial charge in [0.1, 0.15) is 5.52 Å². The Bertz CT molecular complexity index is 1280. The van der Waals surface area contributed by atoms with Crippen molar-refractivity contribution in [1.82, 2.24) is 9.97 Å². The number of carbonyl (C=O) groups excluding carboxylic acids is 1. The summed E-state index contributed by atoms with van der Waals surface area (Å²) in [6, 6.07) is 4.31. The summed E-state index contributed by atoms with van der Waals surface area (Å²) in [5.74, 6) is 1.76. The summed E-state index contributed by atoms with van der Waals surface area (Å²) in [5, 5.41) is 17.3. The first kappa shape index (κ1) is 21.8. The lowest BCUT2D eigenvalue weighted by Crippen LogP contribution is -2.44. The number of aromatic nitrogens is 2. The summed E-state index contributed by atoms with van der Waals surface area (Å²) in [4.78, 5) is 22.5. The molecular weight excluding hydrogens is 448 g/mol. The first-order valence-corrected chi connectivity index (χ1v) is 13.1. The third kappa shape index (κ3) is 3.37. The molecule has 1 amide bonds. The number of benzene rings is 1. The molecule has 3 aromatic rings. The standard InChI is InChI=1S/C26H30N4O3S/c1-14-12-27-25(34-14)29-22(31)8-3-15-11-21(30-32)26(2)10-9-17-16-6-7-20-24(28-13-33-20)19(16)5-4-18(17)23(15)26/h6-7,12-13,15,17-18,23,32H,3-5,8-11H2,1-2H3,(H,27,29,31)/b30-21+/t15-,17?,18?,23?,26-/m1/s1. The maximum atomic E-state index is 12.7. The molecule has 5 atom stereocenters. The number of aryl methyl sites for hydroxylation is 2. The lowest BCUT2D eigenvalue weighted by atomic mass is 9.54. The van der Waals surface area contributed by atoms with Crippen molar-refractivity contribution in [1.29, 1.82) is 0 Å². The van der Waals surface area contributed by atoms with Crippen molar-refractivity contribution in [3.8, 4) is 0 Å². The van der Waals surface area contributed by atoms with E-state index >= 15 is 0 Å². The van der Waals surface area contributed by atoms with Crippen LogP contribution in [0.4, 0.5) is 5.13 Å². The molecule has 3 aliphatic rings. The Hall–Kier alpha value is -2.74. The minimum Gasteiger partial charge on any atom is -0.443 e. The molecule has 0 spiro atoms. The first-order chi connectivity index (χ1) is 16.5. The molecule has 34 heavy (non-hydrogen) atoms. The van der Waals surface area contributed by atoms with E-state index in [0.717, 1.165) is 60.2 Å². The monoisotopic (exact) mass is 478 g/mol. The first-order valence-electron chi connectivity index (χ1n) is 12.3. The van der Waals surface area contributed by atoms with Crippen molar-refractivity contribution in [3.63, 3.8) is 0 Å². The van der Waals surface area contributed by atoms with Gasteiger partial charge in [0, 0.05) is 22.9 Å². The van der Waals surface area contributed by atoms with E-state index in [4.69, 9.17) is 4.42 Å². The molecule has 2 aromatic heterocycles.